The van der Waals surface area contributed by atoms with Crippen molar-refractivity contribution >= 4 is 11.0 Å². The third kappa shape index (κ3) is 2.67. The highest BCUT2D eigenvalue weighted by atomic mass is 16.3. The maximum absolute atomic E-state index is 9.89. The van der Waals surface area contributed by atoms with Gasteiger partial charge >= 0.3 is 0 Å². The molecule has 3 nitrogen and oxygen atoms in total. The molecule has 0 amide bonds. The highest BCUT2D eigenvalue weighted by molar-refractivity contribution is 5.80. The van der Waals surface area contributed by atoms with Gasteiger partial charge in [0, 0.05) is 24.0 Å². The van der Waals surface area contributed by atoms with Gasteiger partial charge in [0.25, 0.3) is 0 Å². The molecule has 0 aliphatic heterocycles. The molecule has 1 aliphatic carbocycles. The Balaban J connectivity index is 1.67. The van der Waals surface area contributed by atoms with E-state index in [2.05, 4.69) is 18.0 Å². The van der Waals surface area contributed by atoms with Crippen LogP contribution in [0.15, 0.2) is 34.9 Å². The summed E-state index contributed by atoms with van der Waals surface area (Å²) in [6.45, 7) is 1.83. The lowest BCUT2D eigenvalue weighted by Crippen LogP contribution is -2.29. The van der Waals surface area contributed by atoms with E-state index in [9.17, 15) is 5.11 Å². The number of nitrogens with zero attached hydrogens (tertiary/aromatic N) is 1. The van der Waals surface area contributed by atoms with Gasteiger partial charge in [0.05, 0.1) is 12.4 Å². The molecule has 1 aromatic heterocycles. The minimum atomic E-state index is -0.108. The van der Waals surface area contributed by atoms with E-state index in [1.807, 2.05) is 24.5 Å². The summed E-state index contributed by atoms with van der Waals surface area (Å²) in [5.74, 6) is 0.433. The van der Waals surface area contributed by atoms with Gasteiger partial charge in [-0.1, -0.05) is 24.6 Å². The first-order valence-corrected chi connectivity index (χ1v) is 7.06. The fourth-order valence-electron chi connectivity index (χ4n) is 3.14. The highest BCUT2D eigenvalue weighted by Gasteiger charge is 2.26. The van der Waals surface area contributed by atoms with Gasteiger partial charge in [-0.25, -0.2) is 0 Å². The molecule has 1 aliphatic rings. The number of fused-ring (bicyclic) bond motifs is 1. The first kappa shape index (κ1) is 12.7. The van der Waals surface area contributed by atoms with Crippen LogP contribution < -0.4 is 0 Å². The fraction of sp³-hybridized carbons (Fsp3) is 0.500. The van der Waals surface area contributed by atoms with Gasteiger partial charge in [-0.3, -0.25) is 0 Å². The van der Waals surface area contributed by atoms with Gasteiger partial charge in [-0.2, -0.15) is 0 Å². The van der Waals surface area contributed by atoms with Crippen molar-refractivity contribution in [1.29, 1.82) is 0 Å². The first-order chi connectivity index (χ1) is 9.24. The molecular formula is C16H21NO2. The van der Waals surface area contributed by atoms with Crippen molar-refractivity contribution in [3.63, 3.8) is 0 Å². The Bertz CT molecular complexity index is 548. The molecule has 3 rings (SSSR count). The van der Waals surface area contributed by atoms with Crippen LogP contribution in [-0.4, -0.2) is 29.7 Å². The van der Waals surface area contributed by atoms with Gasteiger partial charge in [-0.15, -0.1) is 0 Å². The summed E-state index contributed by atoms with van der Waals surface area (Å²) in [6.07, 6.45) is 5.02. The van der Waals surface area contributed by atoms with Crippen LogP contribution >= 0.6 is 0 Å². The van der Waals surface area contributed by atoms with E-state index in [0.29, 0.717) is 5.92 Å². The summed E-state index contributed by atoms with van der Waals surface area (Å²) >= 11 is 0. The van der Waals surface area contributed by atoms with Crippen LogP contribution in [0.3, 0.4) is 0 Å². The number of furan rings is 1. The molecule has 19 heavy (non-hydrogen) atoms. The lowest BCUT2D eigenvalue weighted by Gasteiger charge is -2.22. The van der Waals surface area contributed by atoms with E-state index in [1.54, 1.807) is 0 Å². The molecule has 2 aromatic rings. The van der Waals surface area contributed by atoms with Crippen LogP contribution in [0, 0.1) is 5.92 Å². The largest absolute Gasteiger partial charge is 0.464 e. The summed E-state index contributed by atoms with van der Waals surface area (Å²) in [5.41, 5.74) is 2.18. The second-order valence-electron chi connectivity index (χ2n) is 5.71. The first-order valence-electron chi connectivity index (χ1n) is 7.06. The van der Waals surface area contributed by atoms with Crippen molar-refractivity contribution in [2.75, 3.05) is 13.6 Å². The van der Waals surface area contributed by atoms with Gasteiger partial charge in [0.15, 0.2) is 0 Å². The maximum Gasteiger partial charge on any atom is 0.134 e. The fourth-order valence-corrected chi connectivity index (χ4v) is 3.14. The molecule has 1 aromatic carbocycles. The average molecular weight is 259 g/mol. The lowest BCUT2D eigenvalue weighted by atomic mass is 10.1. The monoisotopic (exact) mass is 259 g/mol. The van der Waals surface area contributed by atoms with E-state index < -0.39 is 0 Å². The van der Waals surface area contributed by atoms with E-state index in [1.165, 1.54) is 10.9 Å². The Kier molecular flexibility index (Phi) is 3.58. The summed E-state index contributed by atoms with van der Waals surface area (Å²) < 4.78 is 5.56. The third-order valence-electron chi connectivity index (χ3n) is 4.17. The molecule has 1 heterocycles. The molecular weight excluding hydrogens is 238 g/mol. The quantitative estimate of drug-likeness (QED) is 0.917. The Labute approximate surface area is 113 Å². The number of aliphatic hydroxyl groups excluding tert-OH is 1. The summed E-state index contributed by atoms with van der Waals surface area (Å²) in [6, 6.07) is 8.14. The minimum absolute atomic E-state index is 0.108. The van der Waals surface area contributed by atoms with Crippen LogP contribution in [0.4, 0.5) is 0 Å². The van der Waals surface area contributed by atoms with Crippen molar-refractivity contribution in [3.8, 4) is 0 Å². The van der Waals surface area contributed by atoms with E-state index in [0.717, 1.165) is 37.9 Å². The normalized spacial score (nSPS) is 23.5. The molecule has 1 saturated carbocycles. The number of hydrogen-bond acceptors (Lipinski definition) is 3. The SMILES string of the molecule is CN(Cc1coc2ccccc12)CC1CCCC1O. The topological polar surface area (TPSA) is 36.6 Å². The molecule has 2 unspecified atom stereocenters. The maximum atomic E-state index is 9.89. The van der Waals surface area contributed by atoms with E-state index in [-0.39, 0.29) is 6.10 Å². The molecule has 0 spiro atoms. The number of para-hydroxylation sites is 1. The van der Waals surface area contributed by atoms with Gasteiger partial charge in [0.2, 0.25) is 0 Å². The molecule has 0 radical (unpaired) electrons. The van der Waals surface area contributed by atoms with Gasteiger partial charge in [-0.05, 0) is 31.9 Å². The summed E-state index contributed by atoms with van der Waals surface area (Å²) in [7, 11) is 2.12. The number of benzene rings is 1. The molecule has 0 saturated heterocycles. The van der Waals surface area contributed by atoms with Gasteiger partial charge in [0.1, 0.15) is 5.58 Å². The van der Waals surface area contributed by atoms with Crippen LogP contribution in [0.2, 0.25) is 0 Å². The molecule has 2 atom stereocenters. The van der Waals surface area contributed by atoms with Crippen LogP contribution in [0.5, 0.6) is 0 Å². The zero-order chi connectivity index (χ0) is 13.2. The Morgan fingerprint density at radius 2 is 2.16 bits per heavy atom. The Hall–Kier alpha value is -1.32. The zero-order valence-electron chi connectivity index (χ0n) is 11.4. The number of aliphatic hydroxyl groups is 1. The predicted octanol–water partition coefficient (Wildman–Crippen LogP) is 3.03. The second kappa shape index (κ2) is 5.35. The summed E-state index contributed by atoms with van der Waals surface area (Å²) in [4.78, 5) is 2.29. The van der Waals surface area contributed by atoms with E-state index in [4.69, 9.17) is 4.42 Å². The number of hydrogen-bond donors (Lipinski definition) is 1. The molecule has 3 heteroatoms. The third-order valence-corrected chi connectivity index (χ3v) is 4.17. The van der Waals surface area contributed by atoms with Crippen molar-refractivity contribution in [3.05, 3.63) is 36.1 Å². The highest BCUT2D eigenvalue weighted by Crippen LogP contribution is 2.27. The van der Waals surface area contributed by atoms with Crippen molar-refractivity contribution < 1.29 is 9.52 Å². The number of rotatable bonds is 4. The molecule has 102 valence electrons. The lowest BCUT2D eigenvalue weighted by molar-refractivity contribution is 0.108. The van der Waals surface area contributed by atoms with Crippen molar-refractivity contribution in [2.45, 2.75) is 31.9 Å². The standard InChI is InChI=1S/C16H21NO2/c1-17(9-12-5-4-7-15(12)18)10-13-11-19-16-8-3-2-6-14(13)16/h2-3,6,8,11-12,15,18H,4-5,7,9-10H2,1H3. The molecule has 0 bridgehead atoms. The minimum Gasteiger partial charge on any atom is -0.464 e. The molecule has 1 fully saturated rings. The van der Waals surface area contributed by atoms with Crippen molar-refractivity contribution in [1.82, 2.24) is 4.90 Å². The average Bonchev–Trinajstić information content (AvgIpc) is 2.98. The smallest absolute Gasteiger partial charge is 0.134 e. The van der Waals surface area contributed by atoms with Crippen LogP contribution in [0.1, 0.15) is 24.8 Å². The van der Waals surface area contributed by atoms with E-state index >= 15 is 0 Å². The van der Waals surface area contributed by atoms with Crippen LogP contribution in [0.25, 0.3) is 11.0 Å². The Morgan fingerprint density at radius 3 is 2.95 bits per heavy atom. The predicted molar refractivity (Wildman–Crippen MR) is 75.9 cm³/mol. The molecule has 1 N–H and O–H groups in total. The Morgan fingerprint density at radius 1 is 1.32 bits per heavy atom. The van der Waals surface area contributed by atoms with Crippen LogP contribution in [-0.2, 0) is 6.54 Å². The van der Waals surface area contributed by atoms with Gasteiger partial charge < -0.3 is 14.4 Å². The zero-order valence-corrected chi connectivity index (χ0v) is 11.4. The summed E-state index contributed by atoms with van der Waals surface area (Å²) in [5, 5.41) is 11.1. The van der Waals surface area contributed by atoms with Crippen molar-refractivity contribution in [2.24, 2.45) is 5.92 Å². The second-order valence-corrected chi connectivity index (χ2v) is 5.71.